The molecule has 0 unspecified atom stereocenters. The van der Waals surface area contributed by atoms with Gasteiger partial charge in [-0.05, 0) is 38.8 Å². The number of aromatic nitrogens is 3. The van der Waals surface area contributed by atoms with Crippen LogP contribution in [0, 0.1) is 12.8 Å². The Balaban J connectivity index is 1.46. The molecule has 1 fully saturated rings. The molecule has 118 valence electrons. The second-order valence-corrected chi connectivity index (χ2v) is 6.69. The summed E-state index contributed by atoms with van der Waals surface area (Å²) in [6.07, 6.45) is 2.26. The van der Waals surface area contributed by atoms with Crippen LogP contribution in [0.25, 0.3) is 0 Å². The van der Waals surface area contributed by atoms with Crippen LogP contribution in [0.3, 0.4) is 0 Å². The molecule has 6 nitrogen and oxygen atoms in total. The standard InChI is InChI=1S/C15H27N5O/c1-12-3-5-18(6-4-12)9-14(21)10-19-7-8-20-13(2)16-17-15(20)11-19/h12,14,21H,3-11H2,1-2H3/t14-/m0/s1. The number of aliphatic hydroxyl groups is 1. The maximum Gasteiger partial charge on any atom is 0.147 e. The Labute approximate surface area is 126 Å². The summed E-state index contributed by atoms with van der Waals surface area (Å²) in [5.41, 5.74) is 0. The first kappa shape index (κ1) is 14.9. The first-order valence-corrected chi connectivity index (χ1v) is 8.13. The zero-order chi connectivity index (χ0) is 14.8. The first-order chi connectivity index (χ1) is 10.1. The molecular formula is C15H27N5O. The van der Waals surface area contributed by atoms with Crippen LogP contribution in [0.1, 0.15) is 31.4 Å². The van der Waals surface area contributed by atoms with Gasteiger partial charge in [0, 0.05) is 26.2 Å². The van der Waals surface area contributed by atoms with Crippen molar-refractivity contribution in [1.29, 1.82) is 0 Å². The molecule has 1 aromatic heterocycles. The summed E-state index contributed by atoms with van der Waals surface area (Å²) in [4.78, 5) is 4.70. The van der Waals surface area contributed by atoms with Gasteiger partial charge in [0.2, 0.25) is 0 Å². The fourth-order valence-corrected chi connectivity index (χ4v) is 3.41. The van der Waals surface area contributed by atoms with Gasteiger partial charge in [-0.3, -0.25) is 4.90 Å². The Kier molecular flexibility index (Phi) is 4.57. The van der Waals surface area contributed by atoms with Gasteiger partial charge >= 0.3 is 0 Å². The second-order valence-electron chi connectivity index (χ2n) is 6.69. The van der Waals surface area contributed by atoms with Gasteiger partial charge in [0.05, 0.1) is 12.6 Å². The first-order valence-electron chi connectivity index (χ1n) is 8.13. The highest BCUT2D eigenvalue weighted by molar-refractivity contribution is 4.97. The van der Waals surface area contributed by atoms with Crippen LogP contribution in [-0.4, -0.2) is 68.5 Å². The van der Waals surface area contributed by atoms with Crippen LogP contribution in [0.4, 0.5) is 0 Å². The number of hydrogen-bond acceptors (Lipinski definition) is 5. The predicted molar refractivity (Wildman–Crippen MR) is 80.9 cm³/mol. The molecule has 6 heteroatoms. The molecule has 3 rings (SSSR count). The molecular weight excluding hydrogens is 266 g/mol. The SMILES string of the molecule is Cc1nnc2n1CCN(C[C@@H](O)CN1CCC(C)CC1)C2. The minimum atomic E-state index is -0.269. The average Bonchev–Trinajstić information content (AvgIpc) is 2.82. The zero-order valence-corrected chi connectivity index (χ0v) is 13.2. The minimum absolute atomic E-state index is 0.269. The average molecular weight is 293 g/mol. The van der Waals surface area contributed by atoms with Gasteiger partial charge in [0.25, 0.3) is 0 Å². The van der Waals surface area contributed by atoms with E-state index < -0.39 is 0 Å². The van der Waals surface area contributed by atoms with Crippen molar-refractivity contribution < 1.29 is 5.11 Å². The number of β-amino-alcohol motifs (C(OH)–C–C–N with tert-alkyl or cyclic N) is 1. The summed E-state index contributed by atoms with van der Waals surface area (Å²) in [5.74, 6) is 2.86. The Morgan fingerprint density at radius 1 is 1.10 bits per heavy atom. The number of fused-ring (bicyclic) bond motifs is 1. The lowest BCUT2D eigenvalue weighted by atomic mass is 9.99. The molecule has 1 atom stereocenters. The lowest BCUT2D eigenvalue weighted by Crippen LogP contribution is -2.45. The van der Waals surface area contributed by atoms with Crippen molar-refractivity contribution in [2.24, 2.45) is 5.92 Å². The van der Waals surface area contributed by atoms with Crippen LogP contribution in [0.5, 0.6) is 0 Å². The van der Waals surface area contributed by atoms with Crippen molar-refractivity contribution in [1.82, 2.24) is 24.6 Å². The largest absolute Gasteiger partial charge is 0.390 e. The summed E-state index contributed by atoms with van der Waals surface area (Å²) in [6, 6.07) is 0. The summed E-state index contributed by atoms with van der Waals surface area (Å²) in [5, 5.41) is 18.7. The highest BCUT2D eigenvalue weighted by atomic mass is 16.3. The molecule has 2 aliphatic heterocycles. The molecule has 2 aliphatic rings. The summed E-state index contributed by atoms with van der Waals surface area (Å²) in [6.45, 7) is 10.8. The molecule has 0 spiro atoms. The van der Waals surface area contributed by atoms with Crippen LogP contribution < -0.4 is 0 Å². The number of aryl methyl sites for hydroxylation is 1. The van der Waals surface area contributed by atoms with E-state index in [9.17, 15) is 5.11 Å². The van der Waals surface area contributed by atoms with Crippen LogP contribution >= 0.6 is 0 Å². The quantitative estimate of drug-likeness (QED) is 0.876. The van der Waals surface area contributed by atoms with Crippen molar-refractivity contribution in [3.63, 3.8) is 0 Å². The molecule has 0 aromatic carbocycles. The summed E-state index contributed by atoms with van der Waals surface area (Å²) >= 11 is 0. The van der Waals surface area contributed by atoms with E-state index in [0.29, 0.717) is 0 Å². The van der Waals surface area contributed by atoms with Crippen molar-refractivity contribution in [3.05, 3.63) is 11.6 Å². The molecule has 3 heterocycles. The number of rotatable bonds is 4. The van der Waals surface area contributed by atoms with Crippen molar-refractivity contribution >= 4 is 0 Å². The number of nitrogens with zero attached hydrogens (tertiary/aromatic N) is 5. The predicted octanol–water partition coefficient (Wildman–Crippen LogP) is 0.495. The van der Waals surface area contributed by atoms with Crippen molar-refractivity contribution in [2.45, 2.75) is 45.9 Å². The highest BCUT2D eigenvalue weighted by Crippen LogP contribution is 2.17. The molecule has 0 aliphatic carbocycles. The van der Waals surface area contributed by atoms with E-state index in [-0.39, 0.29) is 6.10 Å². The third-order valence-electron chi connectivity index (χ3n) is 4.83. The zero-order valence-electron chi connectivity index (χ0n) is 13.2. The number of likely N-dealkylation sites (tertiary alicyclic amines) is 1. The third-order valence-corrected chi connectivity index (χ3v) is 4.83. The lowest BCUT2D eigenvalue weighted by Gasteiger charge is -2.34. The van der Waals surface area contributed by atoms with Crippen LogP contribution in [0.15, 0.2) is 0 Å². The topological polar surface area (TPSA) is 57.4 Å². The van der Waals surface area contributed by atoms with Gasteiger partial charge < -0.3 is 14.6 Å². The molecule has 0 bridgehead atoms. The molecule has 0 saturated carbocycles. The molecule has 0 radical (unpaired) electrons. The molecule has 1 aromatic rings. The third kappa shape index (κ3) is 3.62. The van der Waals surface area contributed by atoms with E-state index in [2.05, 4.69) is 31.5 Å². The number of aliphatic hydroxyl groups excluding tert-OH is 1. The Bertz CT molecular complexity index is 467. The molecule has 0 amide bonds. The van der Waals surface area contributed by atoms with E-state index >= 15 is 0 Å². The fraction of sp³-hybridized carbons (Fsp3) is 0.867. The maximum absolute atomic E-state index is 10.3. The fourth-order valence-electron chi connectivity index (χ4n) is 3.41. The van der Waals surface area contributed by atoms with E-state index in [1.54, 1.807) is 0 Å². The minimum Gasteiger partial charge on any atom is -0.390 e. The number of piperidine rings is 1. The van der Waals surface area contributed by atoms with Crippen molar-refractivity contribution in [3.8, 4) is 0 Å². The smallest absolute Gasteiger partial charge is 0.147 e. The Hall–Kier alpha value is -0.980. The Morgan fingerprint density at radius 2 is 1.81 bits per heavy atom. The lowest BCUT2D eigenvalue weighted by molar-refractivity contribution is 0.0530. The van der Waals surface area contributed by atoms with E-state index in [0.717, 1.165) is 63.4 Å². The van der Waals surface area contributed by atoms with Gasteiger partial charge in [0.15, 0.2) is 0 Å². The second kappa shape index (κ2) is 6.42. The molecule has 21 heavy (non-hydrogen) atoms. The molecule has 1 saturated heterocycles. The Morgan fingerprint density at radius 3 is 2.57 bits per heavy atom. The summed E-state index contributed by atoms with van der Waals surface area (Å²) < 4.78 is 2.18. The van der Waals surface area contributed by atoms with E-state index in [4.69, 9.17) is 0 Å². The number of hydrogen-bond donors (Lipinski definition) is 1. The van der Waals surface area contributed by atoms with Gasteiger partial charge in [-0.2, -0.15) is 0 Å². The van der Waals surface area contributed by atoms with Crippen LogP contribution in [-0.2, 0) is 13.1 Å². The monoisotopic (exact) mass is 293 g/mol. The van der Waals surface area contributed by atoms with E-state index in [1.165, 1.54) is 12.8 Å². The van der Waals surface area contributed by atoms with Gasteiger partial charge in [-0.25, -0.2) is 0 Å². The van der Waals surface area contributed by atoms with Gasteiger partial charge in [-0.15, -0.1) is 10.2 Å². The molecule has 1 N–H and O–H groups in total. The van der Waals surface area contributed by atoms with Gasteiger partial charge in [0.1, 0.15) is 11.6 Å². The van der Waals surface area contributed by atoms with Crippen molar-refractivity contribution in [2.75, 3.05) is 32.7 Å². The normalized spacial score (nSPS) is 23.2. The maximum atomic E-state index is 10.3. The van der Waals surface area contributed by atoms with Crippen LogP contribution in [0.2, 0.25) is 0 Å². The highest BCUT2D eigenvalue weighted by Gasteiger charge is 2.23. The van der Waals surface area contributed by atoms with E-state index in [1.807, 2.05) is 6.92 Å². The summed E-state index contributed by atoms with van der Waals surface area (Å²) in [7, 11) is 0. The van der Waals surface area contributed by atoms with Gasteiger partial charge in [-0.1, -0.05) is 6.92 Å².